The van der Waals surface area contributed by atoms with Gasteiger partial charge in [0.1, 0.15) is 11.4 Å². The molecule has 1 aromatic carbocycles. The van der Waals surface area contributed by atoms with Gasteiger partial charge in [-0.25, -0.2) is 4.79 Å². The van der Waals surface area contributed by atoms with Gasteiger partial charge in [0.05, 0.1) is 12.2 Å². The topological polar surface area (TPSA) is 38.8 Å². The molecular weight excluding hydrogens is 323 g/mol. The van der Waals surface area contributed by atoms with Crippen molar-refractivity contribution in [1.82, 2.24) is 4.90 Å². The molecule has 2 rings (SSSR count). The van der Waals surface area contributed by atoms with Gasteiger partial charge in [-0.15, -0.1) is 0 Å². The summed E-state index contributed by atoms with van der Waals surface area (Å²) in [6.45, 7) is 6.71. The van der Waals surface area contributed by atoms with Gasteiger partial charge in [-0.3, -0.25) is 0 Å². The Balaban J connectivity index is 1.85. The third-order valence-electron chi connectivity index (χ3n) is 3.58. The molecule has 1 amide bonds. The van der Waals surface area contributed by atoms with E-state index in [9.17, 15) is 18.0 Å². The van der Waals surface area contributed by atoms with Gasteiger partial charge in [-0.1, -0.05) is 6.07 Å². The highest BCUT2D eigenvalue weighted by Crippen LogP contribution is 2.31. The zero-order valence-corrected chi connectivity index (χ0v) is 14.0. The number of rotatable bonds is 3. The fourth-order valence-electron chi connectivity index (χ4n) is 2.44. The predicted molar refractivity (Wildman–Crippen MR) is 82.9 cm³/mol. The van der Waals surface area contributed by atoms with Gasteiger partial charge in [0.2, 0.25) is 0 Å². The smallest absolute Gasteiger partial charge is 0.416 e. The van der Waals surface area contributed by atoms with Crippen LogP contribution in [0.1, 0.15) is 32.8 Å². The summed E-state index contributed by atoms with van der Waals surface area (Å²) < 4.78 is 48.8. The predicted octanol–water partition coefficient (Wildman–Crippen LogP) is 4.34. The molecule has 1 heterocycles. The molecule has 1 aliphatic rings. The lowest BCUT2D eigenvalue weighted by Crippen LogP contribution is -2.35. The Bertz CT molecular complexity index is 581. The minimum absolute atomic E-state index is 0.0760. The number of halogens is 3. The number of carbonyl (C=O) groups excluding carboxylic acids is 1. The van der Waals surface area contributed by atoms with Gasteiger partial charge in [0.15, 0.2) is 0 Å². The normalized spacial score (nSPS) is 18.6. The third-order valence-corrected chi connectivity index (χ3v) is 3.58. The molecular formula is C17H22F3NO3. The van der Waals surface area contributed by atoms with Crippen LogP contribution < -0.4 is 4.74 Å². The summed E-state index contributed by atoms with van der Waals surface area (Å²) in [6.07, 6.45) is -4.03. The molecule has 0 N–H and O–H groups in total. The second-order valence-electron chi connectivity index (χ2n) is 6.92. The number of benzene rings is 1. The van der Waals surface area contributed by atoms with E-state index in [2.05, 4.69) is 0 Å². The molecule has 1 unspecified atom stereocenters. The second-order valence-corrected chi connectivity index (χ2v) is 6.92. The maximum atomic E-state index is 12.7. The van der Waals surface area contributed by atoms with Gasteiger partial charge in [-0.05, 0) is 45.4 Å². The van der Waals surface area contributed by atoms with Gasteiger partial charge in [-0.2, -0.15) is 13.2 Å². The molecule has 0 radical (unpaired) electrons. The summed E-state index contributed by atoms with van der Waals surface area (Å²) in [7, 11) is 0. The van der Waals surface area contributed by atoms with Crippen molar-refractivity contribution in [1.29, 1.82) is 0 Å². The number of likely N-dealkylation sites (tertiary alicyclic amines) is 1. The first-order valence-corrected chi connectivity index (χ1v) is 7.82. The van der Waals surface area contributed by atoms with Crippen LogP contribution in [0.5, 0.6) is 5.75 Å². The van der Waals surface area contributed by atoms with Gasteiger partial charge in [0.25, 0.3) is 0 Å². The van der Waals surface area contributed by atoms with Crippen molar-refractivity contribution in [2.24, 2.45) is 5.92 Å². The summed E-state index contributed by atoms with van der Waals surface area (Å²) in [4.78, 5) is 13.6. The standard InChI is InChI=1S/C17H22F3NO3/c1-16(2,3)24-15(22)21-8-7-12(10-21)11-23-14-6-4-5-13(9-14)17(18,19)20/h4-6,9,12H,7-8,10-11H2,1-3H3. The molecule has 134 valence electrons. The largest absolute Gasteiger partial charge is 0.493 e. The maximum absolute atomic E-state index is 12.7. The number of nitrogens with zero attached hydrogens (tertiary/aromatic N) is 1. The van der Waals surface area contributed by atoms with Crippen LogP contribution in [0.4, 0.5) is 18.0 Å². The minimum Gasteiger partial charge on any atom is -0.493 e. The average Bonchev–Trinajstić information content (AvgIpc) is 2.92. The Morgan fingerprint density at radius 1 is 1.29 bits per heavy atom. The van der Waals surface area contributed by atoms with Crippen LogP contribution in [0, 0.1) is 5.92 Å². The second kappa shape index (κ2) is 6.91. The van der Waals surface area contributed by atoms with Crippen LogP contribution in [0.3, 0.4) is 0 Å². The minimum atomic E-state index is -4.39. The molecule has 7 heteroatoms. The first-order chi connectivity index (χ1) is 11.0. The van der Waals surface area contributed by atoms with Crippen LogP contribution in [0.15, 0.2) is 24.3 Å². The molecule has 1 fully saturated rings. The number of hydrogen-bond donors (Lipinski definition) is 0. The Morgan fingerprint density at radius 3 is 2.62 bits per heavy atom. The van der Waals surface area contributed by atoms with Gasteiger partial charge in [0, 0.05) is 19.0 Å². The molecule has 4 nitrogen and oxygen atoms in total. The molecule has 0 bridgehead atoms. The van der Waals surface area contributed by atoms with Crippen molar-refractivity contribution in [2.45, 2.75) is 39.0 Å². The molecule has 0 spiro atoms. The van der Waals surface area contributed by atoms with Crippen LogP contribution in [-0.2, 0) is 10.9 Å². The molecule has 0 saturated carbocycles. The van der Waals surface area contributed by atoms with Crippen molar-refractivity contribution >= 4 is 6.09 Å². The summed E-state index contributed by atoms with van der Waals surface area (Å²) >= 11 is 0. The van der Waals surface area contributed by atoms with Gasteiger partial charge >= 0.3 is 12.3 Å². The van der Waals surface area contributed by atoms with Crippen LogP contribution in [0.25, 0.3) is 0 Å². The van der Waals surface area contributed by atoms with Crippen molar-refractivity contribution in [3.05, 3.63) is 29.8 Å². The monoisotopic (exact) mass is 345 g/mol. The van der Waals surface area contributed by atoms with Crippen LogP contribution >= 0.6 is 0 Å². The first-order valence-electron chi connectivity index (χ1n) is 7.82. The molecule has 1 aromatic rings. The lowest BCUT2D eigenvalue weighted by atomic mass is 10.1. The summed E-state index contributed by atoms with van der Waals surface area (Å²) in [5.74, 6) is 0.257. The summed E-state index contributed by atoms with van der Waals surface area (Å²) in [6, 6.07) is 4.81. The lowest BCUT2D eigenvalue weighted by molar-refractivity contribution is -0.137. The Labute approximate surface area is 139 Å². The molecule has 1 atom stereocenters. The SMILES string of the molecule is CC(C)(C)OC(=O)N1CCC(COc2cccc(C(F)(F)F)c2)C1. The Morgan fingerprint density at radius 2 is 2.00 bits per heavy atom. The average molecular weight is 345 g/mol. The molecule has 24 heavy (non-hydrogen) atoms. The fraction of sp³-hybridized carbons (Fsp3) is 0.588. The maximum Gasteiger partial charge on any atom is 0.416 e. The van der Waals surface area contributed by atoms with Crippen molar-refractivity contribution in [2.75, 3.05) is 19.7 Å². The van der Waals surface area contributed by atoms with E-state index in [-0.39, 0.29) is 24.4 Å². The van der Waals surface area contributed by atoms with Crippen LogP contribution in [0.2, 0.25) is 0 Å². The molecule has 0 aromatic heterocycles. The van der Waals surface area contributed by atoms with Crippen molar-refractivity contribution < 1.29 is 27.4 Å². The Kier molecular flexibility index (Phi) is 5.30. The molecule has 0 aliphatic carbocycles. The fourth-order valence-corrected chi connectivity index (χ4v) is 2.44. The molecule has 1 saturated heterocycles. The number of alkyl halides is 3. The Hall–Kier alpha value is -1.92. The zero-order chi connectivity index (χ0) is 18.0. The van der Waals surface area contributed by atoms with Crippen LogP contribution in [-0.4, -0.2) is 36.3 Å². The molecule has 1 aliphatic heterocycles. The lowest BCUT2D eigenvalue weighted by Gasteiger charge is -2.24. The van der Waals surface area contributed by atoms with E-state index in [1.807, 2.05) is 0 Å². The van der Waals surface area contributed by atoms with Crippen molar-refractivity contribution in [3.8, 4) is 5.75 Å². The number of hydrogen-bond acceptors (Lipinski definition) is 3. The first kappa shape index (κ1) is 18.4. The van der Waals surface area contributed by atoms with E-state index in [0.29, 0.717) is 13.1 Å². The highest BCUT2D eigenvalue weighted by Gasteiger charge is 2.32. The zero-order valence-electron chi connectivity index (χ0n) is 14.0. The summed E-state index contributed by atoms with van der Waals surface area (Å²) in [5.41, 5.74) is -1.29. The quantitative estimate of drug-likeness (QED) is 0.818. The van der Waals surface area contributed by atoms with Crippen molar-refractivity contribution in [3.63, 3.8) is 0 Å². The van der Waals surface area contributed by atoms with E-state index in [0.717, 1.165) is 18.6 Å². The number of amides is 1. The summed E-state index contributed by atoms with van der Waals surface area (Å²) in [5, 5.41) is 0. The van der Waals surface area contributed by atoms with E-state index in [4.69, 9.17) is 9.47 Å². The highest BCUT2D eigenvalue weighted by atomic mass is 19.4. The number of carbonyl (C=O) groups is 1. The number of ether oxygens (including phenoxy) is 2. The van der Waals surface area contributed by atoms with E-state index in [1.165, 1.54) is 12.1 Å². The van der Waals surface area contributed by atoms with E-state index in [1.54, 1.807) is 25.7 Å². The van der Waals surface area contributed by atoms with E-state index < -0.39 is 17.3 Å². The third kappa shape index (κ3) is 5.32. The highest BCUT2D eigenvalue weighted by molar-refractivity contribution is 5.68. The van der Waals surface area contributed by atoms with E-state index >= 15 is 0 Å². The van der Waals surface area contributed by atoms with Gasteiger partial charge < -0.3 is 14.4 Å².